The van der Waals surface area contributed by atoms with E-state index in [-0.39, 0.29) is 5.41 Å². The molecule has 0 amide bonds. The van der Waals surface area contributed by atoms with Gasteiger partial charge in [-0.1, -0.05) is 44.2 Å². The predicted molar refractivity (Wildman–Crippen MR) is 54.6 cm³/mol. The van der Waals surface area contributed by atoms with Gasteiger partial charge < -0.3 is 4.79 Å². The molecule has 0 spiro atoms. The van der Waals surface area contributed by atoms with Crippen LogP contribution in [0.25, 0.3) is 0 Å². The summed E-state index contributed by atoms with van der Waals surface area (Å²) in [6.45, 7) is 4.24. The number of carbonyl (C=O) groups is 1. The Morgan fingerprint density at radius 2 is 1.85 bits per heavy atom. The summed E-state index contributed by atoms with van der Waals surface area (Å²) in [4.78, 5) is 10.4. The molecular formula is C12H16O. The number of aldehydes is 1. The standard InChI is InChI=1S/C12H16O/c1-12(2,8-9-13)10-11-6-4-3-5-7-11/h3-7,9H,8,10H2,1-2H3. The van der Waals surface area contributed by atoms with E-state index in [1.807, 2.05) is 18.2 Å². The molecule has 0 aliphatic rings. The minimum atomic E-state index is 0.0864. The highest BCUT2D eigenvalue weighted by Crippen LogP contribution is 2.24. The largest absolute Gasteiger partial charge is 0.303 e. The molecule has 0 atom stereocenters. The second-order valence-electron chi connectivity index (χ2n) is 4.20. The van der Waals surface area contributed by atoms with Crippen molar-refractivity contribution >= 4 is 6.29 Å². The van der Waals surface area contributed by atoms with Crippen molar-refractivity contribution in [1.29, 1.82) is 0 Å². The van der Waals surface area contributed by atoms with Crippen LogP contribution in [0.4, 0.5) is 0 Å². The first-order chi connectivity index (χ1) is 6.14. The average molecular weight is 176 g/mol. The number of hydrogen-bond acceptors (Lipinski definition) is 1. The first-order valence-corrected chi connectivity index (χ1v) is 4.62. The van der Waals surface area contributed by atoms with Crippen molar-refractivity contribution in [1.82, 2.24) is 0 Å². The molecule has 0 aromatic heterocycles. The molecule has 0 radical (unpaired) electrons. The lowest BCUT2D eigenvalue weighted by Gasteiger charge is -2.21. The fourth-order valence-corrected chi connectivity index (χ4v) is 1.45. The summed E-state index contributed by atoms with van der Waals surface area (Å²) in [5.74, 6) is 0. The van der Waals surface area contributed by atoms with Crippen molar-refractivity contribution in [3.8, 4) is 0 Å². The molecule has 0 aliphatic carbocycles. The summed E-state index contributed by atoms with van der Waals surface area (Å²) in [5.41, 5.74) is 1.39. The van der Waals surface area contributed by atoms with Crippen LogP contribution in [-0.2, 0) is 11.2 Å². The van der Waals surface area contributed by atoms with E-state index in [9.17, 15) is 4.79 Å². The van der Waals surface area contributed by atoms with E-state index in [0.29, 0.717) is 6.42 Å². The normalized spacial score (nSPS) is 11.2. The molecule has 70 valence electrons. The number of benzene rings is 1. The van der Waals surface area contributed by atoms with Gasteiger partial charge in [-0.05, 0) is 17.4 Å². The van der Waals surface area contributed by atoms with Crippen molar-refractivity contribution in [2.45, 2.75) is 26.7 Å². The van der Waals surface area contributed by atoms with E-state index in [0.717, 1.165) is 12.7 Å². The topological polar surface area (TPSA) is 17.1 Å². The summed E-state index contributed by atoms with van der Waals surface area (Å²) in [5, 5.41) is 0. The summed E-state index contributed by atoms with van der Waals surface area (Å²) in [7, 11) is 0. The van der Waals surface area contributed by atoms with E-state index < -0.39 is 0 Å². The molecule has 0 saturated carbocycles. The highest BCUT2D eigenvalue weighted by Gasteiger charge is 2.17. The molecule has 0 fully saturated rings. The highest BCUT2D eigenvalue weighted by molar-refractivity contribution is 5.50. The Morgan fingerprint density at radius 3 is 2.38 bits per heavy atom. The molecule has 0 aliphatic heterocycles. The monoisotopic (exact) mass is 176 g/mol. The molecule has 0 unspecified atom stereocenters. The Balaban J connectivity index is 2.63. The summed E-state index contributed by atoms with van der Waals surface area (Å²) in [6.07, 6.45) is 2.59. The van der Waals surface area contributed by atoms with Crippen LogP contribution in [0.15, 0.2) is 30.3 Å². The van der Waals surface area contributed by atoms with Gasteiger partial charge in [0.2, 0.25) is 0 Å². The molecule has 13 heavy (non-hydrogen) atoms. The lowest BCUT2D eigenvalue weighted by molar-refractivity contribution is -0.109. The smallest absolute Gasteiger partial charge is 0.120 e. The van der Waals surface area contributed by atoms with Crippen LogP contribution in [0.1, 0.15) is 25.8 Å². The SMILES string of the molecule is CC(C)(CC=O)Cc1ccccc1. The Kier molecular flexibility index (Phi) is 3.24. The quantitative estimate of drug-likeness (QED) is 0.645. The van der Waals surface area contributed by atoms with Crippen LogP contribution in [0.3, 0.4) is 0 Å². The van der Waals surface area contributed by atoms with Crippen molar-refractivity contribution in [2.24, 2.45) is 5.41 Å². The zero-order valence-corrected chi connectivity index (χ0v) is 8.29. The van der Waals surface area contributed by atoms with E-state index in [2.05, 4.69) is 26.0 Å². The maximum atomic E-state index is 10.4. The Hall–Kier alpha value is -1.11. The lowest BCUT2D eigenvalue weighted by Crippen LogP contribution is -2.15. The molecule has 0 heterocycles. The van der Waals surface area contributed by atoms with Crippen LogP contribution in [0, 0.1) is 5.41 Å². The van der Waals surface area contributed by atoms with Crippen LogP contribution in [0.5, 0.6) is 0 Å². The first-order valence-electron chi connectivity index (χ1n) is 4.62. The Labute approximate surface area is 79.8 Å². The van der Waals surface area contributed by atoms with Crippen molar-refractivity contribution in [3.63, 3.8) is 0 Å². The third-order valence-corrected chi connectivity index (χ3v) is 2.16. The van der Waals surface area contributed by atoms with Crippen LogP contribution in [-0.4, -0.2) is 6.29 Å². The maximum absolute atomic E-state index is 10.4. The summed E-state index contributed by atoms with van der Waals surface area (Å²) in [6, 6.07) is 10.3. The minimum Gasteiger partial charge on any atom is -0.303 e. The van der Waals surface area contributed by atoms with Gasteiger partial charge in [0.05, 0.1) is 0 Å². The van der Waals surface area contributed by atoms with Crippen LogP contribution < -0.4 is 0 Å². The third-order valence-electron chi connectivity index (χ3n) is 2.16. The van der Waals surface area contributed by atoms with Gasteiger partial charge in [0, 0.05) is 6.42 Å². The molecular weight excluding hydrogens is 160 g/mol. The number of hydrogen-bond donors (Lipinski definition) is 0. The van der Waals surface area contributed by atoms with Gasteiger partial charge in [-0.3, -0.25) is 0 Å². The maximum Gasteiger partial charge on any atom is 0.120 e. The predicted octanol–water partition coefficient (Wildman–Crippen LogP) is 2.84. The number of rotatable bonds is 4. The highest BCUT2D eigenvalue weighted by atomic mass is 16.1. The Morgan fingerprint density at radius 1 is 1.23 bits per heavy atom. The zero-order valence-electron chi connectivity index (χ0n) is 8.29. The molecule has 1 rings (SSSR count). The molecule has 0 bridgehead atoms. The second kappa shape index (κ2) is 4.22. The third kappa shape index (κ3) is 3.41. The first kappa shape index (κ1) is 9.97. The van der Waals surface area contributed by atoms with Crippen molar-refractivity contribution in [2.75, 3.05) is 0 Å². The molecule has 1 aromatic rings. The van der Waals surface area contributed by atoms with Gasteiger partial charge in [0.15, 0.2) is 0 Å². The molecule has 1 aromatic carbocycles. The minimum absolute atomic E-state index is 0.0864. The number of carbonyl (C=O) groups excluding carboxylic acids is 1. The van der Waals surface area contributed by atoms with Gasteiger partial charge in [0.1, 0.15) is 6.29 Å². The van der Waals surface area contributed by atoms with Gasteiger partial charge in [0.25, 0.3) is 0 Å². The zero-order chi connectivity index (χ0) is 9.73. The van der Waals surface area contributed by atoms with E-state index in [1.54, 1.807) is 0 Å². The fourth-order valence-electron chi connectivity index (χ4n) is 1.45. The molecule has 0 N–H and O–H groups in total. The Bertz CT molecular complexity index is 262. The van der Waals surface area contributed by atoms with Gasteiger partial charge >= 0.3 is 0 Å². The van der Waals surface area contributed by atoms with E-state index >= 15 is 0 Å². The van der Waals surface area contributed by atoms with Crippen molar-refractivity contribution in [3.05, 3.63) is 35.9 Å². The van der Waals surface area contributed by atoms with Crippen molar-refractivity contribution < 1.29 is 4.79 Å². The van der Waals surface area contributed by atoms with Gasteiger partial charge in [-0.25, -0.2) is 0 Å². The van der Waals surface area contributed by atoms with Gasteiger partial charge in [-0.15, -0.1) is 0 Å². The van der Waals surface area contributed by atoms with Crippen LogP contribution >= 0.6 is 0 Å². The van der Waals surface area contributed by atoms with Crippen LogP contribution in [0.2, 0.25) is 0 Å². The lowest BCUT2D eigenvalue weighted by atomic mass is 9.83. The molecule has 0 saturated heterocycles. The van der Waals surface area contributed by atoms with E-state index in [4.69, 9.17) is 0 Å². The molecule has 1 heteroatoms. The fraction of sp³-hybridized carbons (Fsp3) is 0.417. The molecule has 1 nitrogen and oxygen atoms in total. The summed E-state index contributed by atoms with van der Waals surface area (Å²) < 4.78 is 0. The van der Waals surface area contributed by atoms with E-state index in [1.165, 1.54) is 5.56 Å². The average Bonchev–Trinajstić information content (AvgIpc) is 2.04. The second-order valence-corrected chi connectivity index (χ2v) is 4.20. The van der Waals surface area contributed by atoms with Gasteiger partial charge in [-0.2, -0.15) is 0 Å². The summed E-state index contributed by atoms with van der Waals surface area (Å²) >= 11 is 0.